The molecule has 0 aliphatic heterocycles. The van der Waals surface area contributed by atoms with E-state index in [0.29, 0.717) is 13.2 Å². The number of ether oxygens (including phenoxy) is 1. The first-order chi connectivity index (χ1) is 6.36. The number of hydrogen-bond donors (Lipinski definition) is 2. The molecule has 1 aromatic heterocycles. The van der Waals surface area contributed by atoms with Crippen molar-refractivity contribution in [3.63, 3.8) is 0 Å². The van der Waals surface area contributed by atoms with Crippen LogP contribution in [0, 0.1) is 0 Å². The Bertz CT molecular complexity index is 213. The minimum Gasteiger partial charge on any atom is -0.384 e. The largest absolute Gasteiger partial charge is 0.384 e. The average Bonchev–Trinajstić information content (AvgIpc) is 2.59. The number of aromatic nitrogens is 3. The smallest absolute Gasteiger partial charge is 0.152 e. The topological polar surface area (TPSA) is 76.8 Å². The lowest BCUT2D eigenvalue weighted by molar-refractivity contribution is 0.200. The molecule has 0 aliphatic carbocycles. The number of rotatable bonds is 6. The fourth-order valence-corrected chi connectivity index (χ4v) is 1.02. The monoisotopic (exact) mass is 184 g/mol. The number of aryl methyl sites for hydroxylation is 1. The second-order valence-electron chi connectivity index (χ2n) is 2.83. The standard InChI is InChI=1S/C8H16N4O/c1-13-6-4-8-10-7(11-12-8)3-2-5-9/h2-6,9H2,1H3,(H,10,11,12). The van der Waals surface area contributed by atoms with Gasteiger partial charge >= 0.3 is 0 Å². The molecule has 0 bridgehead atoms. The van der Waals surface area contributed by atoms with Gasteiger partial charge in [-0.25, -0.2) is 4.98 Å². The fourth-order valence-electron chi connectivity index (χ4n) is 1.02. The molecule has 0 saturated heterocycles. The second kappa shape index (κ2) is 5.66. The molecular weight excluding hydrogens is 168 g/mol. The average molecular weight is 184 g/mol. The predicted molar refractivity (Wildman–Crippen MR) is 49.3 cm³/mol. The molecule has 5 nitrogen and oxygen atoms in total. The molecule has 1 aromatic rings. The van der Waals surface area contributed by atoms with Gasteiger partial charge < -0.3 is 10.5 Å². The van der Waals surface area contributed by atoms with Crippen molar-refractivity contribution < 1.29 is 4.74 Å². The Morgan fingerprint density at radius 1 is 1.46 bits per heavy atom. The SMILES string of the molecule is COCCc1n[nH]c(CCCN)n1. The van der Waals surface area contributed by atoms with Crippen LogP contribution in [-0.4, -0.2) is 35.4 Å². The van der Waals surface area contributed by atoms with Crippen molar-refractivity contribution in [3.05, 3.63) is 11.6 Å². The van der Waals surface area contributed by atoms with E-state index in [2.05, 4.69) is 15.2 Å². The minimum atomic E-state index is 0.661. The normalized spacial score (nSPS) is 10.6. The molecule has 0 spiro atoms. The zero-order valence-corrected chi connectivity index (χ0v) is 7.92. The zero-order valence-electron chi connectivity index (χ0n) is 7.92. The van der Waals surface area contributed by atoms with Crippen molar-refractivity contribution in [2.75, 3.05) is 20.3 Å². The van der Waals surface area contributed by atoms with Gasteiger partial charge in [0.05, 0.1) is 6.61 Å². The number of nitrogens with zero attached hydrogens (tertiary/aromatic N) is 2. The molecule has 0 aliphatic rings. The van der Waals surface area contributed by atoms with Crippen molar-refractivity contribution in [1.82, 2.24) is 15.2 Å². The molecule has 1 heterocycles. The summed E-state index contributed by atoms with van der Waals surface area (Å²) in [5.74, 6) is 1.73. The van der Waals surface area contributed by atoms with Gasteiger partial charge in [0, 0.05) is 20.0 Å². The molecule has 0 fully saturated rings. The van der Waals surface area contributed by atoms with Crippen LogP contribution in [0.4, 0.5) is 0 Å². The molecule has 0 amide bonds. The first-order valence-corrected chi connectivity index (χ1v) is 4.46. The summed E-state index contributed by atoms with van der Waals surface area (Å²) in [4.78, 5) is 4.28. The van der Waals surface area contributed by atoms with Gasteiger partial charge in [0.1, 0.15) is 5.82 Å². The maximum absolute atomic E-state index is 5.38. The molecule has 3 N–H and O–H groups in total. The quantitative estimate of drug-likeness (QED) is 0.646. The van der Waals surface area contributed by atoms with Gasteiger partial charge in [-0.3, -0.25) is 5.10 Å². The Morgan fingerprint density at radius 3 is 3.00 bits per heavy atom. The summed E-state index contributed by atoms with van der Waals surface area (Å²) in [7, 11) is 1.67. The highest BCUT2D eigenvalue weighted by molar-refractivity contribution is 4.90. The number of methoxy groups -OCH3 is 1. The summed E-state index contributed by atoms with van der Waals surface area (Å²) in [5, 5.41) is 6.93. The third-order valence-electron chi connectivity index (χ3n) is 1.73. The lowest BCUT2D eigenvalue weighted by atomic mass is 10.3. The number of nitrogens with one attached hydrogen (secondary N) is 1. The summed E-state index contributed by atoms with van der Waals surface area (Å²) in [6, 6.07) is 0. The first kappa shape index (κ1) is 10.1. The summed E-state index contributed by atoms with van der Waals surface area (Å²) in [6.07, 6.45) is 2.57. The van der Waals surface area contributed by atoms with E-state index in [9.17, 15) is 0 Å². The second-order valence-corrected chi connectivity index (χ2v) is 2.83. The Balaban J connectivity index is 2.34. The summed E-state index contributed by atoms with van der Waals surface area (Å²) in [6.45, 7) is 1.35. The number of nitrogens with two attached hydrogens (primary N) is 1. The van der Waals surface area contributed by atoms with Gasteiger partial charge in [-0.15, -0.1) is 0 Å². The molecule has 0 saturated carbocycles. The minimum absolute atomic E-state index is 0.661. The van der Waals surface area contributed by atoms with E-state index >= 15 is 0 Å². The van der Waals surface area contributed by atoms with Crippen molar-refractivity contribution in [3.8, 4) is 0 Å². The van der Waals surface area contributed by atoms with E-state index in [4.69, 9.17) is 10.5 Å². The Hall–Kier alpha value is -0.940. The van der Waals surface area contributed by atoms with Crippen LogP contribution in [0.25, 0.3) is 0 Å². The molecule has 0 aromatic carbocycles. The van der Waals surface area contributed by atoms with E-state index in [1.54, 1.807) is 7.11 Å². The zero-order chi connectivity index (χ0) is 9.52. The van der Waals surface area contributed by atoms with Gasteiger partial charge in [0.25, 0.3) is 0 Å². The van der Waals surface area contributed by atoms with Gasteiger partial charge in [-0.1, -0.05) is 0 Å². The molecule has 1 rings (SSSR count). The Labute approximate surface area is 77.7 Å². The van der Waals surface area contributed by atoms with Crippen molar-refractivity contribution in [1.29, 1.82) is 0 Å². The van der Waals surface area contributed by atoms with Gasteiger partial charge in [0.2, 0.25) is 0 Å². The summed E-state index contributed by atoms with van der Waals surface area (Å²) >= 11 is 0. The van der Waals surface area contributed by atoms with Crippen LogP contribution in [0.3, 0.4) is 0 Å². The highest BCUT2D eigenvalue weighted by atomic mass is 16.5. The maximum Gasteiger partial charge on any atom is 0.152 e. The third-order valence-corrected chi connectivity index (χ3v) is 1.73. The molecule has 0 atom stereocenters. The number of aromatic amines is 1. The molecule has 0 unspecified atom stereocenters. The van der Waals surface area contributed by atoms with Crippen LogP contribution in [0.15, 0.2) is 0 Å². The van der Waals surface area contributed by atoms with E-state index in [-0.39, 0.29) is 0 Å². The lowest BCUT2D eigenvalue weighted by Crippen LogP contribution is -2.01. The summed E-state index contributed by atoms with van der Waals surface area (Å²) < 4.78 is 4.92. The predicted octanol–water partition coefficient (Wildman–Crippen LogP) is -0.115. The van der Waals surface area contributed by atoms with Gasteiger partial charge in [-0.05, 0) is 13.0 Å². The summed E-state index contributed by atoms with van der Waals surface area (Å²) in [5.41, 5.74) is 5.38. The van der Waals surface area contributed by atoms with E-state index in [1.807, 2.05) is 0 Å². The number of hydrogen-bond acceptors (Lipinski definition) is 4. The van der Waals surface area contributed by atoms with Gasteiger partial charge in [-0.2, -0.15) is 5.10 Å². The highest BCUT2D eigenvalue weighted by Crippen LogP contribution is 1.96. The van der Waals surface area contributed by atoms with Crippen LogP contribution >= 0.6 is 0 Å². The van der Waals surface area contributed by atoms with Crippen molar-refractivity contribution in [2.24, 2.45) is 5.73 Å². The molecule has 0 radical (unpaired) electrons. The molecule has 13 heavy (non-hydrogen) atoms. The van der Waals surface area contributed by atoms with Crippen LogP contribution in [0.1, 0.15) is 18.1 Å². The molecule has 5 heteroatoms. The fraction of sp³-hybridized carbons (Fsp3) is 0.750. The first-order valence-electron chi connectivity index (χ1n) is 4.46. The van der Waals surface area contributed by atoms with E-state index in [1.165, 1.54) is 0 Å². The number of H-pyrrole nitrogens is 1. The third kappa shape index (κ3) is 3.52. The van der Waals surface area contributed by atoms with Crippen molar-refractivity contribution >= 4 is 0 Å². The van der Waals surface area contributed by atoms with Crippen LogP contribution in [0.2, 0.25) is 0 Å². The lowest BCUT2D eigenvalue weighted by Gasteiger charge is -1.92. The highest BCUT2D eigenvalue weighted by Gasteiger charge is 2.01. The maximum atomic E-state index is 5.38. The van der Waals surface area contributed by atoms with E-state index in [0.717, 1.165) is 30.9 Å². The van der Waals surface area contributed by atoms with Crippen LogP contribution in [0.5, 0.6) is 0 Å². The Kier molecular flexibility index (Phi) is 4.42. The molecular formula is C8H16N4O. The Morgan fingerprint density at radius 2 is 2.31 bits per heavy atom. The van der Waals surface area contributed by atoms with E-state index < -0.39 is 0 Å². The molecule has 74 valence electrons. The van der Waals surface area contributed by atoms with Crippen LogP contribution in [-0.2, 0) is 17.6 Å². The van der Waals surface area contributed by atoms with Gasteiger partial charge in [0.15, 0.2) is 5.82 Å². The van der Waals surface area contributed by atoms with Crippen LogP contribution < -0.4 is 5.73 Å². The van der Waals surface area contributed by atoms with Crippen molar-refractivity contribution in [2.45, 2.75) is 19.3 Å².